The van der Waals surface area contributed by atoms with E-state index >= 15 is 0 Å². The van der Waals surface area contributed by atoms with Crippen molar-refractivity contribution in [2.24, 2.45) is 5.92 Å². The summed E-state index contributed by atoms with van der Waals surface area (Å²) < 4.78 is 27.3. The molecule has 2 aromatic rings. The van der Waals surface area contributed by atoms with E-state index in [2.05, 4.69) is 12.2 Å². The highest BCUT2D eigenvalue weighted by atomic mass is 35.5. The van der Waals surface area contributed by atoms with Crippen LogP contribution in [0.3, 0.4) is 0 Å². The molecule has 1 fully saturated rings. The summed E-state index contributed by atoms with van der Waals surface area (Å²) in [5.74, 6) is 0.365. The molecule has 1 saturated heterocycles. The van der Waals surface area contributed by atoms with E-state index < -0.39 is 10.0 Å². The van der Waals surface area contributed by atoms with Crippen molar-refractivity contribution in [1.82, 2.24) is 4.31 Å². The minimum absolute atomic E-state index is 0.0614. The van der Waals surface area contributed by atoms with Crippen molar-refractivity contribution in [1.29, 1.82) is 0 Å². The van der Waals surface area contributed by atoms with Crippen molar-refractivity contribution in [2.45, 2.75) is 31.6 Å². The van der Waals surface area contributed by atoms with Gasteiger partial charge in [-0.15, -0.1) is 0 Å². The molecule has 0 bridgehead atoms. The Balaban J connectivity index is 1.73. The van der Waals surface area contributed by atoms with Gasteiger partial charge in [0, 0.05) is 29.4 Å². The molecule has 0 atom stereocenters. The molecule has 150 valence electrons. The summed E-state index contributed by atoms with van der Waals surface area (Å²) in [5, 5.41) is 3.67. The van der Waals surface area contributed by atoms with Gasteiger partial charge in [0.15, 0.2) is 5.78 Å². The number of halogens is 1. The maximum Gasteiger partial charge on any atom is 0.243 e. The van der Waals surface area contributed by atoms with Crippen molar-refractivity contribution >= 4 is 33.1 Å². The lowest BCUT2D eigenvalue weighted by molar-refractivity contribution is 0.101. The number of rotatable bonds is 6. The topological polar surface area (TPSA) is 66.5 Å². The van der Waals surface area contributed by atoms with E-state index in [1.807, 2.05) is 13.0 Å². The summed E-state index contributed by atoms with van der Waals surface area (Å²) in [5.41, 5.74) is 2.14. The van der Waals surface area contributed by atoms with Crippen molar-refractivity contribution in [3.05, 3.63) is 58.6 Å². The van der Waals surface area contributed by atoms with Gasteiger partial charge in [0.1, 0.15) is 0 Å². The molecule has 5 nitrogen and oxygen atoms in total. The molecular weight excluding hydrogens is 396 g/mol. The zero-order valence-electron chi connectivity index (χ0n) is 16.1. The third kappa shape index (κ3) is 4.74. The van der Waals surface area contributed by atoms with Gasteiger partial charge in [0.2, 0.25) is 10.0 Å². The van der Waals surface area contributed by atoms with E-state index in [-0.39, 0.29) is 17.2 Å². The second-order valence-corrected chi connectivity index (χ2v) is 9.72. The van der Waals surface area contributed by atoms with Crippen LogP contribution in [0.25, 0.3) is 0 Å². The molecule has 3 rings (SSSR count). The summed E-state index contributed by atoms with van der Waals surface area (Å²) in [6, 6.07) is 11.7. The van der Waals surface area contributed by atoms with Crippen LogP contribution in [-0.4, -0.2) is 38.1 Å². The van der Waals surface area contributed by atoms with Gasteiger partial charge in [-0.25, -0.2) is 8.42 Å². The number of carbonyl (C=O) groups is 1. The smallest absolute Gasteiger partial charge is 0.243 e. The first kappa shape index (κ1) is 20.8. The summed E-state index contributed by atoms with van der Waals surface area (Å²) in [7, 11) is -3.58. The summed E-state index contributed by atoms with van der Waals surface area (Å²) in [4.78, 5) is 12.8. The first-order chi connectivity index (χ1) is 13.3. The maximum atomic E-state index is 12.9. The van der Waals surface area contributed by atoms with Gasteiger partial charge in [-0.2, -0.15) is 4.31 Å². The number of sulfonamides is 1. The van der Waals surface area contributed by atoms with Crippen LogP contribution in [0.5, 0.6) is 0 Å². The van der Waals surface area contributed by atoms with Crippen LogP contribution in [0.4, 0.5) is 5.69 Å². The van der Waals surface area contributed by atoms with Crippen LogP contribution >= 0.6 is 11.6 Å². The number of nitrogens with one attached hydrogen (secondary N) is 1. The van der Waals surface area contributed by atoms with Crippen LogP contribution in [0.2, 0.25) is 5.02 Å². The minimum atomic E-state index is -3.58. The SMILES string of the molecule is Cc1ccc(Cl)cc1NCC(=O)c1cccc(S(=O)(=O)N2CCC(C)CC2)c1. The number of benzene rings is 2. The average Bonchev–Trinajstić information content (AvgIpc) is 2.69. The highest BCUT2D eigenvalue weighted by Crippen LogP contribution is 2.24. The molecule has 7 heteroatoms. The second kappa shape index (κ2) is 8.64. The molecule has 2 aromatic carbocycles. The lowest BCUT2D eigenvalue weighted by atomic mass is 10.0. The predicted octanol–water partition coefficient (Wildman–Crippen LogP) is 4.36. The van der Waals surface area contributed by atoms with Gasteiger partial charge < -0.3 is 5.32 Å². The van der Waals surface area contributed by atoms with Crippen LogP contribution in [0, 0.1) is 12.8 Å². The largest absolute Gasteiger partial charge is 0.377 e. The number of hydrogen-bond acceptors (Lipinski definition) is 4. The molecule has 0 aromatic heterocycles. The van der Waals surface area contributed by atoms with Crippen LogP contribution in [-0.2, 0) is 10.0 Å². The number of aryl methyl sites for hydroxylation is 1. The number of ketones is 1. The Hall–Kier alpha value is -1.89. The van der Waals surface area contributed by atoms with E-state index in [0.717, 1.165) is 24.1 Å². The number of nitrogens with zero attached hydrogens (tertiary/aromatic N) is 1. The normalized spacial score (nSPS) is 16.1. The van der Waals surface area contributed by atoms with Gasteiger partial charge in [-0.1, -0.05) is 36.7 Å². The van der Waals surface area contributed by atoms with E-state index in [1.54, 1.807) is 30.3 Å². The van der Waals surface area contributed by atoms with E-state index in [1.165, 1.54) is 10.4 Å². The molecule has 0 unspecified atom stereocenters. The van der Waals surface area contributed by atoms with Crippen molar-refractivity contribution in [2.75, 3.05) is 25.0 Å². The summed E-state index contributed by atoms with van der Waals surface area (Å²) >= 11 is 6.01. The number of carbonyl (C=O) groups excluding carboxylic acids is 1. The lowest BCUT2D eigenvalue weighted by Gasteiger charge is -2.29. The molecule has 0 amide bonds. The molecule has 0 aliphatic carbocycles. The Labute approximate surface area is 171 Å². The fourth-order valence-electron chi connectivity index (χ4n) is 3.27. The standard InChI is InChI=1S/C21H25ClN2O3S/c1-15-8-10-24(11-9-15)28(26,27)19-5-3-4-17(12-19)21(25)14-23-20-13-18(22)7-6-16(20)2/h3-7,12-13,15,23H,8-11,14H2,1-2H3. The predicted molar refractivity (Wildman–Crippen MR) is 113 cm³/mol. The molecule has 1 aliphatic heterocycles. The van der Waals surface area contributed by atoms with Gasteiger partial charge in [-0.05, 0) is 55.5 Å². The third-order valence-electron chi connectivity index (χ3n) is 5.18. The maximum absolute atomic E-state index is 12.9. The quantitative estimate of drug-likeness (QED) is 0.705. The van der Waals surface area contributed by atoms with E-state index in [0.29, 0.717) is 29.6 Å². The van der Waals surface area contributed by atoms with Gasteiger partial charge >= 0.3 is 0 Å². The van der Waals surface area contributed by atoms with Crippen molar-refractivity contribution in [3.8, 4) is 0 Å². The number of Topliss-reactive ketones (excluding diaryl/α,β-unsaturated/α-hetero) is 1. The third-order valence-corrected chi connectivity index (χ3v) is 7.31. The molecule has 0 spiro atoms. The Bertz CT molecular complexity index is 967. The Morgan fingerprint density at radius 2 is 1.89 bits per heavy atom. The Morgan fingerprint density at radius 3 is 2.61 bits per heavy atom. The number of hydrogen-bond donors (Lipinski definition) is 1. The number of piperidine rings is 1. The zero-order chi connectivity index (χ0) is 20.3. The van der Waals surface area contributed by atoms with E-state index in [4.69, 9.17) is 11.6 Å². The first-order valence-electron chi connectivity index (χ1n) is 9.41. The zero-order valence-corrected chi connectivity index (χ0v) is 17.7. The fraction of sp³-hybridized carbons (Fsp3) is 0.381. The minimum Gasteiger partial charge on any atom is -0.377 e. The van der Waals surface area contributed by atoms with E-state index in [9.17, 15) is 13.2 Å². The van der Waals surface area contributed by atoms with Crippen LogP contribution < -0.4 is 5.32 Å². The highest BCUT2D eigenvalue weighted by molar-refractivity contribution is 7.89. The Morgan fingerprint density at radius 1 is 1.18 bits per heavy atom. The highest BCUT2D eigenvalue weighted by Gasteiger charge is 2.28. The molecule has 0 radical (unpaired) electrons. The Kier molecular flexibility index (Phi) is 6.43. The van der Waals surface area contributed by atoms with Crippen LogP contribution in [0.1, 0.15) is 35.7 Å². The molecule has 28 heavy (non-hydrogen) atoms. The molecule has 1 N–H and O–H groups in total. The summed E-state index contributed by atoms with van der Waals surface area (Å²) in [6.45, 7) is 5.17. The van der Waals surface area contributed by atoms with Crippen molar-refractivity contribution in [3.63, 3.8) is 0 Å². The lowest BCUT2D eigenvalue weighted by Crippen LogP contribution is -2.37. The fourth-order valence-corrected chi connectivity index (χ4v) is 4.95. The summed E-state index contributed by atoms with van der Waals surface area (Å²) in [6.07, 6.45) is 1.72. The van der Waals surface area contributed by atoms with Gasteiger partial charge in [-0.3, -0.25) is 4.79 Å². The molecule has 0 saturated carbocycles. The first-order valence-corrected chi connectivity index (χ1v) is 11.2. The second-order valence-electron chi connectivity index (χ2n) is 7.35. The monoisotopic (exact) mass is 420 g/mol. The molecule has 1 heterocycles. The molecule has 1 aliphatic rings. The number of anilines is 1. The average molecular weight is 421 g/mol. The van der Waals surface area contributed by atoms with Gasteiger partial charge in [0.25, 0.3) is 0 Å². The van der Waals surface area contributed by atoms with Gasteiger partial charge in [0.05, 0.1) is 11.4 Å². The molecular formula is C21H25ClN2O3S. The van der Waals surface area contributed by atoms with Crippen LogP contribution in [0.15, 0.2) is 47.4 Å². The van der Waals surface area contributed by atoms with Crippen molar-refractivity contribution < 1.29 is 13.2 Å².